The Morgan fingerprint density at radius 2 is 1.57 bits per heavy atom. The molecule has 2 N–H and O–H groups in total. The molecule has 5 aromatic rings. The molecule has 0 amide bonds. The Morgan fingerprint density at radius 1 is 0.957 bits per heavy atom. The molecule has 0 bridgehead atoms. The summed E-state index contributed by atoms with van der Waals surface area (Å²) in [6.07, 6.45) is 1.20. The van der Waals surface area contributed by atoms with Gasteiger partial charge in [-0.15, -0.1) is 0 Å². The number of anilines is 1. The number of nitrogens with zero attached hydrogens (tertiary/aromatic N) is 3. The van der Waals surface area contributed by atoms with E-state index in [1.165, 1.54) is 12.3 Å². The third kappa shape index (κ3) is 7.67. The van der Waals surface area contributed by atoms with Crippen LogP contribution >= 0.6 is 23.2 Å². The van der Waals surface area contributed by atoms with Gasteiger partial charge < -0.3 is 24.4 Å². The third-order valence-corrected chi connectivity index (χ3v) is 7.77. The summed E-state index contributed by atoms with van der Waals surface area (Å²) in [6.45, 7) is 3.17. The molecule has 5 rings (SSSR count). The number of hydrogen-bond donors (Lipinski definition) is 2. The van der Waals surface area contributed by atoms with Gasteiger partial charge in [0, 0.05) is 31.2 Å². The van der Waals surface area contributed by atoms with Crippen LogP contribution in [0.25, 0.3) is 10.9 Å². The Kier molecular flexibility index (Phi) is 10.6. The zero-order valence-corrected chi connectivity index (χ0v) is 26.8. The lowest BCUT2D eigenvalue weighted by Gasteiger charge is -2.28. The van der Waals surface area contributed by atoms with E-state index in [1.54, 1.807) is 14.2 Å². The second-order valence-corrected chi connectivity index (χ2v) is 11.2. The molecule has 240 valence electrons. The van der Waals surface area contributed by atoms with Gasteiger partial charge in [0.1, 0.15) is 40.6 Å². The smallest absolute Gasteiger partial charge is 0.263 e. The van der Waals surface area contributed by atoms with Crippen LogP contribution < -0.4 is 30.0 Å². The number of ether oxygens (including phenoxy) is 3. The van der Waals surface area contributed by atoms with Crippen molar-refractivity contribution in [3.05, 3.63) is 116 Å². The molecule has 9 nitrogen and oxygen atoms in total. The molecule has 0 saturated heterocycles. The first kappa shape index (κ1) is 32.9. The van der Waals surface area contributed by atoms with Crippen molar-refractivity contribution in [2.24, 2.45) is 0 Å². The van der Waals surface area contributed by atoms with E-state index in [2.05, 4.69) is 25.2 Å². The second-order valence-electron chi connectivity index (χ2n) is 10.4. The lowest BCUT2D eigenvalue weighted by atomic mass is 10.1. The number of aromatic amines is 1. The van der Waals surface area contributed by atoms with Crippen LogP contribution in [-0.2, 0) is 13.1 Å². The van der Waals surface area contributed by atoms with Crippen molar-refractivity contribution in [2.45, 2.75) is 26.1 Å². The van der Waals surface area contributed by atoms with Crippen LogP contribution in [-0.4, -0.2) is 42.3 Å². The van der Waals surface area contributed by atoms with E-state index in [1.807, 2.05) is 55.5 Å². The lowest BCUT2D eigenvalue weighted by molar-refractivity contribution is 0.310. The number of hydrogen-bond acceptors (Lipinski definition) is 8. The molecule has 46 heavy (non-hydrogen) atoms. The van der Waals surface area contributed by atoms with Crippen molar-refractivity contribution in [2.75, 3.05) is 32.3 Å². The number of methoxy groups -OCH3 is 2. The van der Waals surface area contributed by atoms with E-state index in [0.29, 0.717) is 24.5 Å². The minimum absolute atomic E-state index is 0.0174. The molecule has 3 aromatic carbocycles. The Bertz CT molecular complexity index is 1830. The van der Waals surface area contributed by atoms with Gasteiger partial charge in [0.25, 0.3) is 5.56 Å². The van der Waals surface area contributed by atoms with Crippen LogP contribution in [0.5, 0.6) is 17.2 Å². The maximum Gasteiger partial charge on any atom is 0.263 e. The summed E-state index contributed by atoms with van der Waals surface area (Å²) in [7, 11) is 3.23. The number of pyridine rings is 1. The first-order valence-corrected chi connectivity index (χ1v) is 15.0. The topological polar surface area (TPSA) is 102 Å². The van der Waals surface area contributed by atoms with E-state index in [9.17, 15) is 13.6 Å². The van der Waals surface area contributed by atoms with Gasteiger partial charge in [0.15, 0.2) is 11.6 Å². The molecule has 0 fully saturated rings. The van der Waals surface area contributed by atoms with E-state index >= 15 is 0 Å². The minimum atomic E-state index is -0.799. The molecule has 0 saturated carbocycles. The fraction of sp³-hybridized carbons (Fsp3) is 0.242. The monoisotopic (exact) mass is 669 g/mol. The lowest BCUT2D eigenvalue weighted by Crippen LogP contribution is -2.29. The van der Waals surface area contributed by atoms with Gasteiger partial charge in [-0.25, -0.2) is 18.7 Å². The summed E-state index contributed by atoms with van der Waals surface area (Å²) < 4.78 is 45.6. The molecule has 0 radical (unpaired) electrons. The van der Waals surface area contributed by atoms with Crippen LogP contribution in [0.1, 0.15) is 29.7 Å². The second kappa shape index (κ2) is 14.8. The van der Waals surface area contributed by atoms with E-state index in [0.717, 1.165) is 28.7 Å². The SMILES string of the molecule is COc1ccc(CN(Cc2ccc(OC)cc2)c2ncc(F)cc2C(C)NCCOc2c(Cl)cc(F)c3nc(Cl)[nH]c(=O)c23)cc1. The number of halogens is 4. The third-order valence-electron chi connectivity index (χ3n) is 7.31. The number of aromatic nitrogens is 3. The van der Waals surface area contributed by atoms with Gasteiger partial charge in [0.05, 0.1) is 25.4 Å². The van der Waals surface area contributed by atoms with Crippen LogP contribution in [0.3, 0.4) is 0 Å². The summed E-state index contributed by atoms with van der Waals surface area (Å²) in [6, 6.07) is 17.5. The first-order valence-electron chi connectivity index (χ1n) is 14.3. The van der Waals surface area contributed by atoms with Crippen molar-refractivity contribution in [1.29, 1.82) is 0 Å². The highest BCUT2D eigenvalue weighted by molar-refractivity contribution is 6.33. The predicted molar refractivity (Wildman–Crippen MR) is 174 cm³/mol. The van der Waals surface area contributed by atoms with Crippen LogP contribution in [0.2, 0.25) is 10.3 Å². The summed E-state index contributed by atoms with van der Waals surface area (Å²) in [5.74, 6) is 0.781. The van der Waals surface area contributed by atoms with Crippen LogP contribution in [0, 0.1) is 11.6 Å². The zero-order chi connectivity index (χ0) is 32.8. The standard InChI is InChI=1S/C33H31Cl2F2N5O4/c1-19(38-12-13-46-30-26(34)15-27(37)29-28(30)32(43)41-33(35)40-29)25-14-22(36)16-39-31(25)42(17-20-4-8-23(44-2)9-5-20)18-21-6-10-24(45-3)11-7-21/h4-11,14-16,19,38H,12-13,17-18H2,1-3H3,(H,40,41,43). The molecule has 2 aromatic heterocycles. The quantitative estimate of drug-likeness (QED) is 0.104. The molecule has 0 aliphatic carbocycles. The Balaban J connectivity index is 1.37. The van der Waals surface area contributed by atoms with Gasteiger partial charge in [0.2, 0.25) is 5.28 Å². The molecule has 1 atom stereocenters. The van der Waals surface area contributed by atoms with E-state index < -0.39 is 17.2 Å². The normalized spacial score (nSPS) is 11.8. The highest BCUT2D eigenvalue weighted by atomic mass is 35.5. The van der Waals surface area contributed by atoms with Crippen molar-refractivity contribution in [1.82, 2.24) is 20.3 Å². The number of benzene rings is 3. The first-order chi connectivity index (χ1) is 22.2. The molecule has 0 aliphatic heterocycles. The fourth-order valence-electron chi connectivity index (χ4n) is 5.01. The molecule has 0 aliphatic rings. The highest BCUT2D eigenvalue weighted by Crippen LogP contribution is 2.33. The average molecular weight is 671 g/mol. The molecule has 1 unspecified atom stereocenters. The van der Waals surface area contributed by atoms with Crippen LogP contribution in [0.15, 0.2) is 71.7 Å². The molecule has 13 heteroatoms. The number of fused-ring (bicyclic) bond motifs is 1. The molecular formula is C33H31Cl2F2N5O4. The minimum Gasteiger partial charge on any atom is -0.497 e. The Labute approximate surface area is 274 Å². The summed E-state index contributed by atoms with van der Waals surface area (Å²) >= 11 is 12.0. The molecule has 0 spiro atoms. The number of nitrogens with one attached hydrogen (secondary N) is 2. The Morgan fingerprint density at radius 3 is 2.15 bits per heavy atom. The highest BCUT2D eigenvalue weighted by Gasteiger charge is 2.21. The maximum atomic E-state index is 14.6. The van der Waals surface area contributed by atoms with Gasteiger partial charge in [-0.2, -0.15) is 0 Å². The van der Waals surface area contributed by atoms with Gasteiger partial charge >= 0.3 is 0 Å². The summed E-state index contributed by atoms with van der Waals surface area (Å²) in [4.78, 5) is 25.3. The van der Waals surface area contributed by atoms with Crippen molar-refractivity contribution in [3.8, 4) is 17.2 Å². The van der Waals surface area contributed by atoms with Gasteiger partial charge in [-0.05, 0) is 66.0 Å². The summed E-state index contributed by atoms with van der Waals surface area (Å²) in [5.41, 5.74) is 1.71. The Hall–Kier alpha value is -4.45. The van der Waals surface area contributed by atoms with Crippen molar-refractivity contribution in [3.63, 3.8) is 0 Å². The van der Waals surface area contributed by atoms with Crippen molar-refractivity contribution >= 4 is 39.9 Å². The number of H-pyrrole nitrogens is 1. The van der Waals surface area contributed by atoms with Gasteiger partial charge in [-0.3, -0.25) is 9.78 Å². The molecule has 2 heterocycles. The molecular weight excluding hydrogens is 639 g/mol. The largest absolute Gasteiger partial charge is 0.497 e. The average Bonchev–Trinajstić information content (AvgIpc) is 3.04. The van der Waals surface area contributed by atoms with Crippen molar-refractivity contribution < 1.29 is 23.0 Å². The fourth-order valence-corrected chi connectivity index (χ4v) is 5.43. The summed E-state index contributed by atoms with van der Waals surface area (Å²) in [5, 5.41) is 2.83. The maximum absolute atomic E-state index is 14.6. The number of rotatable bonds is 13. The van der Waals surface area contributed by atoms with Crippen LogP contribution in [0.4, 0.5) is 14.6 Å². The predicted octanol–water partition coefficient (Wildman–Crippen LogP) is 6.86. The van der Waals surface area contributed by atoms with Gasteiger partial charge in [-0.1, -0.05) is 35.9 Å². The van der Waals surface area contributed by atoms with E-state index in [4.69, 9.17) is 37.4 Å². The van der Waals surface area contributed by atoms with E-state index in [-0.39, 0.29) is 46.2 Å². The zero-order valence-electron chi connectivity index (χ0n) is 25.2.